The highest BCUT2D eigenvalue weighted by molar-refractivity contribution is 6.00. The fourth-order valence-electron chi connectivity index (χ4n) is 17.3. The highest BCUT2D eigenvalue weighted by Gasteiger charge is 2.36. The summed E-state index contributed by atoms with van der Waals surface area (Å²) in [6, 6.07) is 57.0. The average Bonchev–Trinajstić information content (AvgIpc) is 1.56. The summed E-state index contributed by atoms with van der Waals surface area (Å²) in [6.45, 7) is 4.36. The fourth-order valence-corrected chi connectivity index (χ4v) is 17.3. The zero-order valence-electron chi connectivity index (χ0n) is 82.8. The number of hydrogen-bond acceptors (Lipinski definition) is 24. The van der Waals surface area contributed by atoms with Gasteiger partial charge >= 0.3 is 5.97 Å². The highest BCUT2D eigenvalue weighted by Crippen LogP contribution is 2.24. The molecular formula is C107H121N19O23. The molecule has 2 aliphatic carbocycles. The minimum Gasteiger partial charge on any atom is -0.476 e. The maximum atomic E-state index is 14.5. The summed E-state index contributed by atoms with van der Waals surface area (Å²) < 4.78 is 6.80. The summed E-state index contributed by atoms with van der Waals surface area (Å²) in [5.74, 6) is -7.29. The van der Waals surface area contributed by atoms with Gasteiger partial charge in [-0.25, -0.2) is 4.79 Å². The lowest BCUT2D eigenvalue weighted by Gasteiger charge is -2.26. The van der Waals surface area contributed by atoms with Crippen molar-refractivity contribution in [1.82, 2.24) is 95.6 Å². The lowest BCUT2D eigenvalue weighted by Crippen LogP contribution is -2.50. The van der Waals surface area contributed by atoms with E-state index in [4.69, 9.17) is 24.5 Å². The van der Waals surface area contributed by atoms with E-state index in [9.17, 15) is 86.3 Å². The number of pyridine rings is 7. The second-order valence-corrected chi connectivity index (χ2v) is 35.8. The van der Waals surface area contributed by atoms with Crippen LogP contribution in [0, 0.1) is 0 Å². The van der Waals surface area contributed by atoms with E-state index < -0.39 is 128 Å². The Kier molecular flexibility index (Phi) is 39.6. The van der Waals surface area contributed by atoms with Crippen LogP contribution in [0.2, 0.25) is 0 Å². The molecule has 0 radical (unpaired) electrons. The maximum Gasteiger partial charge on any atom is 0.356 e. The molecule has 11 aromatic rings. The molecule has 149 heavy (non-hydrogen) atoms. The molecular weight excluding hydrogens is 1920 g/mol. The number of aromatic carboxylic acids is 1. The molecule has 4 atom stereocenters. The Morgan fingerprint density at radius 1 is 0.268 bits per heavy atom. The summed E-state index contributed by atoms with van der Waals surface area (Å²) in [6.07, 6.45) is 7.65. The topological polar surface area (TPSA) is 526 Å². The Morgan fingerprint density at radius 3 is 0.919 bits per heavy atom. The third-order valence-electron chi connectivity index (χ3n) is 25.4. The highest BCUT2D eigenvalue weighted by atomic mass is 16.7. The van der Waals surface area contributed by atoms with Gasteiger partial charge in [-0.2, -0.15) is 0 Å². The van der Waals surface area contributed by atoms with Crippen molar-refractivity contribution < 1.29 is 77.2 Å². The van der Waals surface area contributed by atoms with E-state index in [0.29, 0.717) is 89.4 Å². The van der Waals surface area contributed by atoms with Crippen molar-refractivity contribution in [3.05, 3.63) is 381 Å². The zero-order chi connectivity index (χ0) is 106. The van der Waals surface area contributed by atoms with Gasteiger partial charge in [0.05, 0.1) is 0 Å². The van der Waals surface area contributed by atoms with Crippen LogP contribution in [-0.4, -0.2) is 215 Å². The number of fused-ring (bicyclic) bond motifs is 4. The van der Waals surface area contributed by atoms with Gasteiger partial charge in [-0.3, -0.25) is 81.5 Å². The molecule has 0 spiro atoms. The lowest BCUT2D eigenvalue weighted by atomic mass is 10.1. The van der Waals surface area contributed by atoms with Crippen LogP contribution >= 0.6 is 0 Å². The van der Waals surface area contributed by atoms with Crippen LogP contribution in [-0.2, 0) is 47.6 Å². The standard InChI is InChI=1S/C57H62N10O12.C37H48N8O7.C13H11NO4/c1-62-46(22-12-24-48(62)68)56(76)64-32-9-10-33-65(57(77)47-23-13-25-49(69)66(47)78-36-38-16-5-3-6-17-38)35-14-30-58-52(72)44-28-26-40(54(74)63(44)2)50(70)60-42-20-11-21-43(42)61-51(71)41-27-29-45(53(73)59-31-15-34-64)67(55(41)75)79-37-39-18-7-4-8-19-39;1-44-30-16-14-26(36(44)50)32(46)42-28-12-7-13-29(28)43-33(47)27-15-17-31(45(37(27)51)52-24-25-10-3-2-4-11-25)35(49)41-23-9-21-39-19-6-5-18-38-20-8-22-40-34(30)48;15-12-8-4-7-11(13(16)17)14(12)18-9-10-5-2-1-3-6-10/h3-8,12-13,16-19,22-29,42-43H,9-11,14-15,20-21,30-37H2,1-2H3,(H,58,72)(H,59,73)(H,60,70)(H,61,71);2-4,10-11,14-17,28-29,38-39H,5-9,12-13,18-24H2,1H3,(H,40,48)(H,41,49)(H,42,46)(H,43,47);1-8H,9H2,(H,16,17)/t42-,43+;28-,29+;/m11./s1. The number of rotatable bonds is 15. The summed E-state index contributed by atoms with van der Waals surface area (Å²) in [5, 5.41) is 38.4. The van der Waals surface area contributed by atoms with Crippen LogP contribution < -0.4 is 111 Å². The summed E-state index contributed by atoms with van der Waals surface area (Å²) in [4.78, 5) is 266. The smallest absolute Gasteiger partial charge is 0.356 e. The minimum atomic E-state index is -1.21. The predicted molar refractivity (Wildman–Crippen MR) is 548 cm³/mol. The number of carboxylic acid groups (broad SMARTS) is 1. The predicted octanol–water partition coefficient (Wildman–Crippen LogP) is 3.71. The Labute approximate surface area is 855 Å². The Hall–Kier alpha value is -17.2. The van der Waals surface area contributed by atoms with Gasteiger partial charge in [-0.05, 0) is 205 Å². The number of carbonyl (C=O) groups excluding carboxylic acids is 10. The summed E-state index contributed by atoms with van der Waals surface area (Å²) in [5.41, 5.74) is -2.78. The summed E-state index contributed by atoms with van der Waals surface area (Å²) >= 11 is 0. The van der Waals surface area contributed by atoms with E-state index in [2.05, 4.69) is 53.2 Å². The first-order chi connectivity index (χ1) is 72.1. The molecule has 4 aromatic carbocycles. The number of hydrogen-bond donors (Lipinski definition) is 11. The number of aromatic nitrogens is 7. The third kappa shape index (κ3) is 29.6. The molecule has 0 unspecified atom stereocenters. The molecule has 782 valence electrons. The normalized spacial score (nSPS) is 17.4. The van der Waals surface area contributed by atoms with Gasteiger partial charge in [-0.1, -0.05) is 140 Å². The minimum absolute atomic E-state index is 0.0102. The number of carbonyl (C=O) groups is 11. The Bertz CT molecular complexity index is 7070. The van der Waals surface area contributed by atoms with Gasteiger partial charge in [0.1, 0.15) is 82.8 Å². The van der Waals surface area contributed by atoms with Crippen molar-refractivity contribution in [3.8, 4) is 0 Å². The molecule has 7 aromatic heterocycles. The molecule has 42 heteroatoms. The van der Waals surface area contributed by atoms with E-state index in [0.717, 1.165) is 77.2 Å². The molecule has 2 saturated carbocycles. The molecule has 13 heterocycles. The number of nitrogens with one attached hydrogen (secondary N) is 10. The van der Waals surface area contributed by atoms with Crippen LogP contribution in [0.4, 0.5) is 0 Å². The van der Waals surface area contributed by atoms with Gasteiger partial charge in [0, 0.05) is 116 Å². The molecule has 6 aliphatic heterocycles. The van der Waals surface area contributed by atoms with Crippen molar-refractivity contribution in [2.75, 3.05) is 78.5 Å². The van der Waals surface area contributed by atoms with Gasteiger partial charge in [0.15, 0.2) is 5.69 Å². The lowest BCUT2D eigenvalue weighted by molar-refractivity contribution is 0.0533. The van der Waals surface area contributed by atoms with Crippen molar-refractivity contribution >= 4 is 65.0 Å². The summed E-state index contributed by atoms with van der Waals surface area (Å²) in [7, 11) is 4.28. The zero-order valence-corrected chi connectivity index (χ0v) is 82.8. The Morgan fingerprint density at radius 2 is 0.557 bits per heavy atom. The monoisotopic (exact) mass is 2040 g/mol. The van der Waals surface area contributed by atoms with Crippen LogP contribution in [0.3, 0.4) is 0 Å². The number of nitrogens with zero attached hydrogens (tertiary/aromatic N) is 9. The molecule has 0 saturated heterocycles. The second kappa shape index (κ2) is 54.1. The molecule has 2 fully saturated rings. The van der Waals surface area contributed by atoms with E-state index in [1.54, 1.807) is 35.2 Å². The van der Waals surface area contributed by atoms with Crippen LogP contribution in [0.25, 0.3) is 0 Å². The van der Waals surface area contributed by atoms with Crippen LogP contribution in [0.15, 0.2) is 258 Å². The first-order valence-electron chi connectivity index (χ1n) is 49.4. The van der Waals surface area contributed by atoms with Crippen molar-refractivity contribution in [2.24, 2.45) is 21.1 Å². The van der Waals surface area contributed by atoms with Gasteiger partial charge in [0.25, 0.3) is 98.0 Å². The van der Waals surface area contributed by atoms with E-state index >= 15 is 0 Å². The molecule has 8 aliphatic rings. The SMILES string of the molecule is Cn1c(C(=O)N2CCCCN(C(=O)c3cccc(=O)n3OCc3ccccc3)CCCNC(=O)c3ccc(c(=O)n3C)C(=O)N[C@@H]3CCC[C@@H]3NC(=O)c3ccc(n(OCc4ccccc4)c3=O)C(=O)NCCC2)cccc1=O.Cn1c2ccc(c1=O)C(=O)N[C@@H]1CCC[C@@H]1NC(=O)c1ccc(n(OCc3ccccc3)c1=O)C(=O)NCCCNCCCCNCCCNC2=O.O=C(O)c1cccc(=O)n1OCc1ccccc1. The van der Waals surface area contributed by atoms with Gasteiger partial charge < -0.3 is 101 Å². The Balaban J connectivity index is 0.000000224. The van der Waals surface area contributed by atoms with Crippen LogP contribution in [0.5, 0.6) is 0 Å². The molecule has 42 nitrogen and oxygen atoms in total. The maximum absolute atomic E-state index is 14.5. The number of amides is 10. The molecule has 19 rings (SSSR count). The third-order valence-corrected chi connectivity index (χ3v) is 25.4. The molecule has 10 amide bonds. The van der Waals surface area contributed by atoms with Gasteiger partial charge in [0.2, 0.25) is 0 Å². The van der Waals surface area contributed by atoms with Crippen molar-refractivity contribution in [1.29, 1.82) is 0 Å². The van der Waals surface area contributed by atoms with E-state index in [-0.39, 0.29) is 141 Å². The molecule has 11 N–H and O–H groups in total. The first-order valence-corrected chi connectivity index (χ1v) is 49.4. The van der Waals surface area contributed by atoms with Crippen molar-refractivity contribution in [2.45, 2.75) is 140 Å². The quantitative estimate of drug-likeness (QED) is 0.0697. The van der Waals surface area contributed by atoms with Gasteiger partial charge in [-0.15, -0.1) is 18.9 Å². The molecule has 8 bridgehead atoms. The number of benzene rings is 4. The van der Waals surface area contributed by atoms with E-state index in [1.165, 1.54) is 134 Å². The largest absolute Gasteiger partial charge is 0.476 e. The van der Waals surface area contributed by atoms with Crippen LogP contribution in [0.1, 0.15) is 227 Å². The van der Waals surface area contributed by atoms with E-state index in [1.807, 2.05) is 91.0 Å². The van der Waals surface area contributed by atoms with Crippen molar-refractivity contribution in [3.63, 3.8) is 0 Å². The first kappa shape index (κ1) is 109. The second-order valence-electron chi connectivity index (χ2n) is 35.8. The number of carboxylic acids is 1. The average molecular weight is 2040 g/mol. The fraction of sp³-hybridized carbons (Fsp3) is 0.346.